The maximum absolute atomic E-state index is 12.3. The van der Waals surface area contributed by atoms with Crippen LogP contribution in [0.25, 0.3) is 0 Å². The summed E-state index contributed by atoms with van der Waals surface area (Å²) < 4.78 is 34.3. The molecule has 1 heterocycles. The highest BCUT2D eigenvalue weighted by Gasteiger charge is 2.30. The van der Waals surface area contributed by atoms with Gasteiger partial charge in [0.15, 0.2) is 0 Å². The molecule has 2 rings (SSSR count). The molecule has 0 aromatic heterocycles. The second kappa shape index (κ2) is 6.22. The predicted octanol–water partition coefficient (Wildman–Crippen LogP) is 1.44. The molecule has 1 aliphatic heterocycles. The monoisotopic (exact) mass is 298 g/mol. The van der Waals surface area contributed by atoms with Crippen LogP contribution in [0.5, 0.6) is 0 Å². The Morgan fingerprint density at radius 1 is 1.25 bits per heavy atom. The molecule has 0 bridgehead atoms. The van der Waals surface area contributed by atoms with Gasteiger partial charge in [-0.25, -0.2) is 0 Å². The normalized spacial score (nSPS) is 24.8. The minimum absolute atomic E-state index is 0.0752. The van der Waals surface area contributed by atoms with Gasteiger partial charge in [0.05, 0.1) is 12.2 Å². The molecular weight excluding hydrogens is 276 g/mol. The quantitative estimate of drug-likeness (QED) is 0.915. The summed E-state index contributed by atoms with van der Waals surface area (Å²) in [7, 11) is -3.46. The largest absolute Gasteiger partial charge is 0.373 e. The Morgan fingerprint density at radius 3 is 2.45 bits per heavy atom. The summed E-state index contributed by atoms with van der Waals surface area (Å²) >= 11 is 0. The molecule has 2 atom stereocenters. The summed E-state index contributed by atoms with van der Waals surface area (Å²) in [6.07, 6.45) is -0.150. The molecule has 1 aliphatic rings. The lowest BCUT2D eigenvalue weighted by molar-refractivity contribution is -0.0444. The van der Waals surface area contributed by atoms with E-state index in [4.69, 9.17) is 4.74 Å². The van der Waals surface area contributed by atoms with Crippen molar-refractivity contribution in [3.05, 3.63) is 35.4 Å². The van der Waals surface area contributed by atoms with Crippen LogP contribution >= 0.6 is 0 Å². The van der Waals surface area contributed by atoms with Crippen molar-refractivity contribution in [3.8, 4) is 0 Å². The van der Waals surface area contributed by atoms with Crippen LogP contribution in [-0.2, 0) is 21.5 Å². The van der Waals surface area contributed by atoms with Crippen LogP contribution in [0.15, 0.2) is 24.3 Å². The maximum Gasteiger partial charge on any atom is 0.279 e. The number of morpholine rings is 1. The van der Waals surface area contributed by atoms with E-state index >= 15 is 0 Å². The molecule has 2 unspecified atom stereocenters. The molecule has 0 spiro atoms. The predicted molar refractivity (Wildman–Crippen MR) is 78.5 cm³/mol. The number of rotatable bonds is 4. The average molecular weight is 298 g/mol. The Labute approximate surface area is 121 Å². The van der Waals surface area contributed by atoms with E-state index in [1.807, 2.05) is 45.0 Å². The fraction of sp³-hybridized carbons (Fsp3) is 0.571. The zero-order valence-corrected chi connectivity index (χ0v) is 13.0. The Morgan fingerprint density at radius 2 is 1.85 bits per heavy atom. The molecule has 1 fully saturated rings. The Balaban J connectivity index is 2.02. The van der Waals surface area contributed by atoms with Crippen molar-refractivity contribution in [2.75, 3.05) is 13.1 Å². The third-order valence-corrected chi connectivity index (χ3v) is 4.92. The van der Waals surface area contributed by atoms with Gasteiger partial charge >= 0.3 is 0 Å². The summed E-state index contributed by atoms with van der Waals surface area (Å²) in [5.74, 6) is 0. The van der Waals surface area contributed by atoms with Crippen LogP contribution in [-0.4, -0.2) is 38.0 Å². The molecule has 20 heavy (non-hydrogen) atoms. The van der Waals surface area contributed by atoms with Gasteiger partial charge in [-0.05, 0) is 31.9 Å². The van der Waals surface area contributed by atoms with E-state index in [1.165, 1.54) is 4.31 Å². The Kier molecular flexibility index (Phi) is 4.80. The second-order valence-electron chi connectivity index (χ2n) is 5.33. The molecule has 112 valence electrons. The first-order valence-corrected chi connectivity index (χ1v) is 8.27. The number of aryl methyl sites for hydroxylation is 1. The summed E-state index contributed by atoms with van der Waals surface area (Å²) in [6, 6.07) is 7.76. The third-order valence-electron chi connectivity index (χ3n) is 3.43. The van der Waals surface area contributed by atoms with Crippen molar-refractivity contribution in [2.45, 2.75) is 39.5 Å². The molecule has 1 aromatic carbocycles. The molecule has 0 radical (unpaired) electrons. The van der Waals surface area contributed by atoms with Gasteiger partial charge in [-0.1, -0.05) is 24.3 Å². The number of nitrogens with zero attached hydrogens (tertiary/aromatic N) is 1. The van der Waals surface area contributed by atoms with Crippen molar-refractivity contribution in [3.63, 3.8) is 0 Å². The van der Waals surface area contributed by atoms with Crippen molar-refractivity contribution >= 4 is 10.2 Å². The van der Waals surface area contributed by atoms with Gasteiger partial charge in [-0.15, -0.1) is 0 Å². The molecule has 0 amide bonds. The van der Waals surface area contributed by atoms with E-state index < -0.39 is 10.2 Å². The van der Waals surface area contributed by atoms with Gasteiger partial charge in [0.25, 0.3) is 10.2 Å². The van der Waals surface area contributed by atoms with Crippen LogP contribution in [0.1, 0.15) is 25.0 Å². The summed E-state index contributed by atoms with van der Waals surface area (Å²) in [5, 5.41) is 0. The lowest BCUT2D eigenvalue weighted by Crippen LogP contribution is -2.51. The minimum Gasteiger partial charge on any atom is -0.373 e. The van der Waals surface area contributed by atoms with Crippen molar-refractivity contribution in [1.82, 2.24) is 9.03 Å². The number of benzene rings is 1. The van der Waals surface area contributed by atoms with Crippen LogP contribution in [0, 0.1) is 6.92 Å². The molecule has 0 aliphatic carbocycles. The summed E-state index contributed by atoms with van der Waals surface area (Å²) in [4.78, 5) is 0. The van der Waals surface area contributed by atoms with Gasteiger partial charge in [0.1, 0.15) is 0 Å². The number of ether oxygens (including phenoxy) is 1. The van der Waals surface area contributed by atoms with Gasteiger partial charge in [0, 0.05) is 19.6 Å². The van der Waals surface area contributed by atoms with Gasteiger partial charge < -0.3 is 4.74 Å². The van der Waals surface area contributed by atoms with E-state index in [-0.39, 0.29) is 12.2 Å². The maximum atomic E-state index is 12.3. The zero-order valence-electron chi connectivity index (χ0n) is 12.2. The first-order valence-electron chi connectivity index (χ1n) is 6.83. The van der Waals surface area contributed by atoms with Crippen molar-refractivity contribution in [1.29, 1.82) is 0 Å². The van der Waals surface area contributed by atoms with E-state index in [0.29, 0.717) is 19.6 Å². The fourth-order valence-electron chi connectivity index (χ4n) is 2.40. The molecule has 1 saturated heterocycles. The smallest absolute Gasteiger partial charge is 0.279 e. The van der Waals surface area contributed by atoms with E-state index in [1.54, 1.807) is 0 Å². The number of hydrogen-bond acceptors (Lipinski definition) is 3. The first kappa shape index (κ1) is 15.4. The van der Waals surface area contributed by atoms with Crippen molar-refractivity contribution < 1.29 is 13.2 Å². The SMILES string of the molecule is Cc1ccccc1CNS(=O)(=O)N1CC(C)OC(C)C1. The molecule has 6 heteroatoms. The molecule has 0 saturated carbocycles. The van der Waals surface area contributed by atoms with Crippen LogP contribution in [0.3, 0.4) is 0 Å². The van der Waals surface area contributed by atoms with Gasteiger partial charge in [-0.2, -0.15) is 17.4 Å². The molecule has 1 aromatic rings. The van der Waals surface area contributed by atoms with Crippen LogP contribution in [0.2, 0.25) is 0 Å². The van der Waals surface area contributed by atoms with Crippen LogP contribution < -0.4 is 4.72 Å². The van der Waals surface area contributed by atoms with E-state index in [9.17, 15) is 8.42 Å². The standard InChI is InChI=1S/C14H22N2O3S/c1-11-6-4-5-7-14(11)8-15-20(17,18)16-9-12(2)19-13(3)10-16/h4-7,12-13,15H,8-10H2,1-3H3. The summed E-state index contributed by atoms with van der Waals surface area (Å²) in [5.41, 5.74) is 2.07. The number of nitrogens with one attached hydrogen (secondary N) is 1. The first-order chi connectivity index (χ1) is 9.38. The Hall–Kier alpha value is -0.950. The lowest BCUT2D eigenvalue weighted by atomic mass is 10.1. The molecular formula is C14H22N2O3S. The van der Waals surface area contributed by atoms with Crippen molar-refractivity contribution in [2.24, 2.45) is 0 Å². The highest BCUT2D eigenvalue weighted by molar-refractivity contribution is 7.87. The topological polar surface area (TPSA) is 58.6 Å². The van der Waals surface area contributed by atoms with Gasteiger partial charge in [-0.3, -0.25) is 0 Å². The third kappa shape index (κ3) is 3.79. The van der Waals surface area contributed by atoms with E-state index in [2.05, 4.69) is 4.72 Å². The Bertz CT molecular complexity index is 549. The van der Waals surface area contributed by atoms with E-state index in [0.717, 1.165) is 11.1 Å². The van der Waals surface area contributed by atoms with Crippen LogP contribution in [0.4, 0.5) is 0 Å². The van der Waals surface area contributed by atoms with Gasteiger partial charge in [0.2, 0.25) is 0 Å². The highest BCUT2D eigenvalue weighted by Crippen LogP contribution is 2.14. The second-order valence-corrected chi connectivity index (χ2v) is 7.08. The summed E-state index contributed by atoms with van der Waals surface area (Å²) in [6.45, 7) is 6.86. The lowest BCUT2D eigenvalue weighted by Gasteiger charge is -2.34. The molecule has 5 nitrogen and oxygen atoms in total. The zero-order chi connectivity index (χ0) is 14.8. The molecule has 1 N–H and O–H groups in total. The minimum atomic E-state index is -3.46. The average Bonchev–Trinajstić information content (AvgIpc) is 2.37. The highest BCUT2D eigenvalue weighted by atomic mass is 32.2. The number of hydrogen-bond donors (Lipinski definition) is 1. The fourth-order valence-corrected chi connectivity index (χ4v) is 3.73.